The minimum Gasteiger partial charge on any atom is -0.390 e. The van der Waals surface area contributed by atoms with Gasteiger partial charge in [-0.3, -0.25) is 0 Å². The minimum atomic E-state index is -0.379. The third-order valence-electron chi connectivity index (χ3n) is 8.83. The Morgan fingerprint density at radius 1 is 0.913 bits per heavy atom. The highest BCUT2D eigenvalue weighted by Crippen LogP contribution is 2.65. The van der Waals surface area contributed by atoms with Gasteiger partial charge in [0, 0.05) is 0 Å². The van der Waals surface area contributed by atoms with Crippen LogP contribution in [0.3, 0.4) is 0 Å². The van der Waals surface area contributed by atoms with E-state index in [1.807, 2.05) is 0 Å². The zero-order valence-corrected chi connectivity index (χ0v) is 15.5. The van der Waals surface area contributed by atoms with Gasteiger partial charge in [0.25, 0.3) is 0 Å². The average Bonchev–Trinajstić information content (AvgIpc) is 2.83. The molecule has 0 aliphatic heterocycles. The highest BCUT2D eigenvalue weighted by Gasteiger charge is 2.57. The van der Waals surface area contributed by atoms with Crippen LogP contribution in [0.4, 0.5) is 0 Å². The molecule has 4 aliphatic rings. The van der Waals surface area contributed by atoms with Crippen LogP contribution < -0.4 is 0 Å². The Bertz CT molecular complexity index is 492. The summed E-state index contributed by atoms with van der Waals surface area (Å²) < 4.78 is 0. The summed E-state index contributed by atoms with van der Waals surface area (Å²) >= 11 is 0. The lowest BCUT2D eigenvalue weighted by atomic mass is 9.49. The van der Waals surface area contributed by atoms with Crippen molar-refractivity contribution >= 4 is 0 Å². The Balaban J connectivity index is 1.56. The summed E-state index contributed by atoms with van der Waals surface area (Å²) in [6, 6.07) is 0. The predicted molar refractivity (Wildman–Crippen MR) is 96.0 cm³/mol. The molecule has 0 bridgehead atoms. The van der Waals surface area contributed by atoms with Crippen molar-refractivity contribution in [3.05, 3.63) is 12.2 Å². The van der Waals surface area contributed by atoms with Gasteiger partial charge in [0.15, 0.2) is 0 Å². The second-order valence-corrected chi connectivity index (χ2v) is 10.2. The summed E-state index contributed by atoms with van der Waals surface area (Å²) in [5.74, 6) is 5.39. The molecule has 0 aromatic carbocycles. The maximum absolute atomic E-state index is 10.5. The second kappa shape index (κ2) is 5.35. The molecule has 8 atom stereocenters. The Morgan fingerprint density at radius 2 is 1.65 bits per heavy atom. The lowest BCUT2D eigenvalue weighted by Gasteiger charge is -2.57. The van der Waals surface area contributed by atoms with Gasteiger partial charge >= 0.3 is 0 Å². The smallest absolute Gasteiger partial charge is 0.0622 e. The van der Waals surface area contributed by atoms with Crippen LogP contribution in [0.25, 0.3) is 0 Å². The summed E-state index contributed by atoms with van der Waals surface area (Å²) in [5, 5.41) is 10.5. The third-order valence-corrected chi connectivity index (χ3v) is 8.83. The Kier molecular flexibility index (Phi) is 3.76. The maximum atomic E-state index is 10.5. The molecular formula is C22H36O. The van der Waals surface area contributed by atoms with E-state index < -0.39 is 0 Å². The first-order valence-electron chi connectivity index (χ1n) is 10.2. The molecule has 0 heterocycles. The topological polar surface area (TPSA) is 20.2 Å². The standard InChI is InChI=1S/C22H36O/c1-14(2)19-7-8-20-18-6-5-15-13-21(3,23)11-9-16(15)17(18)10-12-22(19,20)4/h15-20,23H,1,5-13H2,2-4H3/t15-,16+,17-,18-,19-,20+,21+,22-/m1/s1. The van der Waals surface area contributed by atoms with Crippen molar-refractivity contribution in [3.8, 4) is 0 Å². The van der Waals surface area contributed by atoms with Gasteiger partial charge in [0.2, 0.25) is 0 Å². The van der Waals surface area contributed by atoms with Gasteiger partial charge in [-0.1, -0.05) is 19.1 Å². The number of fused-ring (bicyclic) bond motifs is 5. The normalized spacial score (nSPS) is 55.7. The SMILES string of the molecule is C=C(C)[C@H]1CC[C@H]2[C@@H]3CC[C@@H]4C[C@@](C)(O)CC[C@@H]4[C@H]3CC[C@]12C. The van der Waals surface area contributed by atoms with E-state index in [0.29, 0.717) is 5.41 Å². The second-order valence-electron chi connectivity index (χ2n) is 10.2. The first-order valence-corrected chi connectivity index (χ1v) is 10.2. The van der Waals surface area contributed by atoms with E-state index >= 15 is 0 Å². The number of hydrogen-bond donors (Lipinski definition) is 1. The van der Waals surface area contributed by atoms with Crippen LogP contribution in [-0.2, 0) is 0 Å². The van der Waals surface area contributed by atoms with Crippen LogP contribution in [0.1, 0.15) is 78.6 Å². The minimum absolute atomic E-state index is 0.379. The van der Waals surface area contributed by atoms with Crippen molar-refractivity contribution in [3.63, 3.8) is 0 Å². The van der Waals surface area contributed by atoms with Gasteiger partial charge in [-0.2, -0.15) is 0 Å². The van der Waals surface area contributed by atoms with Crippen molar-refractivity contribution in [2.75, 3.05) is 0 Å². The van der Waals surface area contributed by atoms with Gasteiger partial charge in [-0.05, 0) is 113 Å². The van der Waals surface area contributed by atoms with Crippen molar-refractivity contribution in [2.45, 2.75) is 84.2 Å². The monoisotopic (exact) mass is 316 g/mol. The van der Waals surface area contributed by atoms with Crippen molar-refractivity contribution in [1.29, 1.82) is 0 Å². The van der Waals surface area contributed by atoms with Gasteiger partial charge in [-0.15, -0.1) is 0 Å². The van der Waals surface area contributed by atoms with E-state index in [0.717, 1.165) is 48.3 Å². The molecule has 0 aromatic rings. The molecule has 1 nitrogen and oxygen atoms in total. The Morgan fingerprint density at radius 3 is 2.39 bits per heavy atom. The van der Waals surface area contributed by atoms with E-state index in [2.05, 4.69) is 27.4 Å². The summed E-state index contributed by atoms with van der Waals surface area (Å²) in [5.41, 5.74) is 1.60. The summed E-state index contributed by atoms with van der Waals surface area (Å²) in [4.78, 5) is 0. The molecule has 4 saturated carbocycles. The molecule has 0 aromatic heterocycles. The van der Waals surface area contributed by atoms with Gasteiger partial charge in [-0.25, -0.2) is 0 Å². The van der Waals surface area contributed by atoms with Crippen LogP contribution in [0.2, 0.25) is 0 Å². The van der Waals surface area contributed by atoms with Gasteiger partial charge < -0.3 is 5.11 Å². The van der Waals surface area contributed by atoms with Crippen molar-refractivity contribution in [1.82, 2.24) is 0 Å². The van der Waals surface area contributed by atoms with Crippen LogP contribution >= 0.6 is 0 Å². The van der Waals surface area contributed by atoms with E-state index in [-0.39, 0.29) is 5.60 Å². The molecule has 0 amide bonds. The number of hydrogen-bond acceptors (Lipinski definition) is 1. The molecule has 0 spiro atoms. The summed E-state index contributed by atoms with van der Waals surface area (Å²) in [6.45, 7) is 11.3. The van der Waals surface area contributed by atoms with Crippen molar-refractivity contribution in [2.24, 2.45) is 40.9 Å². The van der Waals surface area contributed by atoms with E-state index in [9.17, 15) is 5.11 Å². The summed E-state index contributed by atoms with van der Waals surface area (Å²) in [6.07, 6.45) is 11.9. The van der Waals surface area contributed by atoms with E-state index in [1.54, 1.807) is 0 Å². The largest absolute Gasteiger partial charge is 0.390 e. The Labute approximate surface area is 142 Å². The molecule has 0 radical (unpaired) electrons. The maximum Gasteiger partial charge on any atom is 0.0622 e. The molecule has 4 aliphatic carbocycles. The zero-order valence-electron chi connectivity index (χ0n) is 15.5. The quantitative estimate of drug-likeness (QED) is 0.626. The van der Waals surface area contributed by atoms with Crippen LogP contribution in [0, 0.1) is 40.9 Å². The molecule has 0 saturated heterocycles. The van der Waals surface area contributed by atoms with Crippen LogP contribution in [-0.4, -0.2) is 10.7 Å². The molecule has 130 valence electrons. The zero-order chi connectivity index (χ0) is 16.4. The van der Waals surface area contributed by atoms with Gasteiger partial charge in [0.05, 0.1) is 5.60 Å². The van der Waals surface area contributed by atoms with Gasteiger partial charge in [0.1, 0.15) is 0 Å². The first kappa shape index (κ1) is 16.2. The van der Waals surface area contributed by atoms with Crippen LogP contribution in [0.5, 0.6) is 0 Å². The molecule has 4 fully saturated rings. The lowest BCUT2D eigenvalue weighted by molar-refractivity contribution is -0.0977. The fraction of sp³-hybridized carbons (Fsp3) is 0.909. The predicted octanol–water partition coefficient (Wildman–Crippen LogP) is 5.58. The molecule has 0 unspecified atom stereocenters. The van der Waals surface area contributed by atoms with Crippen molar-refractivity contribution < 1.29 is 5.11 Å². The fourth-order valence-corrected chi connectivity index (χ4v) is 7.89. The fourth-order valence-electron chi connectivity index (χ4n) is 7.89. The molecule has 1 heteroatoms. The van der Waals surface area contributed by atoms with E-state index in [4.69, 9.17) is 0 Å². The molecular weight excluding hydrogens is 280 g/mol. The highest BCUT2D eigenvalue weighted by atomic mass is 16.3. The highest BCUT2D eigenvalue weighted by molar-refractivity contribution is 5.14. The third kappa shape index (κ3) is 2.44. The number of allylic oxidation sites excluding steroid dienone is 1. The molecule has 4 rings (SSSR count). The van der Waals surface area contributed by atoms with E-state index in [1.165, 1.54) is 50.5 Å². The number of aliphatic hydroxyl groups is 1. The van der Waals surface area contributed by atoms with Crippen LogP contribution in [0.15, 0.2) is 12.2 Å². The number of rotatable bonds is 1. The average molecular weight is 317 g/mol. The Hall–Kier alpha value is -0.300. The summed E-state index contributed by atoms with van der Waals surface area (Å²) in [7, 11) is 0. The molecule has 1 N–H and O–H groups in total. The molecule has 23 heavy (non-hydrogen) atoms. The first-order chi connectivity index (χ1) is 10.8. The lowest BCUT2D eigenvalue weighted by Crippen LogP contribution is -2.50.